The Morgan fingerprint density at radius 2 is 1.71 bits per heavy atom. The van der Waals surface area contributed by atoms with Crippen molar-refractivity contribution in [3.8, 4) is 0 Å². The number of fused-ring (bicyclic) bond motifs is 1. The van der Waals surface area contributed by atoms with Crippen LogP contribution in [-0.2, 0) is 0 Å². The Hall–Kier alpha value is -1.91. The number of aliphatic imine (C=N–C) groups is 1. The Labute approximate surface area is 170 Å². The molecule has 0 spiro atoms. The molecule has 0 amide bonds. The maximum absolute atomic E-state index is 5.06. The second-order valence-corrected chi connectivity index (χ2v) is 7.90. The van der Waals surface area contributed by atoms with Gasteiger partial charge in [0.05, 0.1) is 0 Å². The van der Waals surface area contributed by atoms with Gasteiger partial charge in [-0.1, -0.05) is 72.3 Å². The molecule has 5 nitrogen and oxygen atoms in total. The minimum atomic E-state index is 0.648. The standard InChI is InChI=1S/C23H39N5/c1-5-9-12-18(7-3)16-24-23(25-17-19(8-4)13-10-6-2)20-14-11-15-21-22(20)27-28-26-21/h11,14-15,18-19H,5-10,12-13,16-17H2,1-4H3,(H,24,25)(H,26,27,28). The van der Waals surface area contributed by atoms with E-state index in [9.17, 15) is 0 Å². The molecule has 28 heavy (non-hydrogen) atoms. The van der Waals surface area contributed by atoms with E-state index < -0.39 is 0 Å². The lowest BCUT2D eigenvalue weighted by molar-refractivity contribution is 0.443. The predicted octanol–water partition coefficient (Wildman–Crippen LogP) is 5.73. The summed E-state index contributed by atoms with van der Waals surface area (Å²) in [4.78, 5) is 5.06. The first kappa shape index (κ1) is 22.4. The molecule has 0 saturated heterocycles. The third-order valence-corrected chi connectivity index (χ3v) is 5.75. The van der Waals surface area contributed by atoms with Crippen molar-refractivity contribution in [1.29, 1.82) is 0 Å². The van der Waals surface area contributed by atoms with Crippen LogP contribution in [0.3, 0.4) is 0 Å². The zero-order chi connectivity index (χ0) is 20.2. The fraction of sp³-hybridized carbons (Fsp3) is 0.696. The van der Waals surface area contributed by atoms with Gasteiger partial charge in [-0.25, -0.2) is 0 Å². The average molecular weight is 386 g/mol. The summed E-state index contributed by atoms with van der Waals surface area (Å²) in [6, 6.07) is 6.14. The van der Waals surface area contributed by atoms with Crippen molar-refractivity contribution >= 4 is 16.9 Å². The fourth-order valence-electron chi connectivity index (χ4n) is 3.62. The number of nitrogens with zero attached hydrogens (tertiary/aromatic N) is 3. The fourth-order valence-corrected chi connectivity index (χ4v) is 3.62. The molecular formula is C23H39N5. The normalized spacial score (nSPS) is 14.4. The maximum Gasteiger partial charge on any atom is 0.130 e. The number of hydrogen-bond donors (Lipinski definition) is 2. The zero-order valence-electron chi connectivity index (χ0n) is 18.3. The lowest BCUT2D eigenvalue weighted by Crippen LogP contribution is -2.31. The number of H-pyrrole nitrogens is 1. The monoisotopic (exact) mass is 385 g/mol. The van der Waals surface area contributed by atoms with E-state index in [-0.39, 0.29) is 0 Å². The molecule has 2 aromatic rings. The van der Waals surface area contributed by atoms with Crippen LogP contribution in [0, 0.1) is 11.8 Å². The minimum absolute atomic E-state index is 0.648. The van der Waals surface area contributed by atoms with Gasteiger partial charge in [0.1, 0.15) is 16.9 Å². The number of nitrogens with one attached hydrogen (secondary N) is 2. The van der Waals surface area contributed by atoms with E-state index >= 15 is 0 Å². The van der Waals surface area contributed by atoms with Gasteiger partial charge in [0, 0.05) is 18.7 Å². The quantitative estimate of drug-likeness (QED) is 0.342. The van der Waals surface area contributed by atoms with Gasteiger partial charge in [0.2, 0.25) is 0 Å². The molecule has 0 saturated carbocycles. The number of hydrogen-bond acceptors (Lipinski definition) is 3. The molecule has 2 N–H and O–H groups in total. The molecule has 2 atom stereocenters. The first-order valence-corrected chi connectivity index (χ1v) is 11.3. The Balaban J connectivity index is 2.19. The molecule has 1 aromatic heterocycles. The molecular weight excluding hydrogens is 346 g/mol. The predicted molar refractivity (Wildman–Crippen MR) is 120 cm³/mol. The Morgan fingerprint density at radius 3 is 2.39 bits per heavy atom. The van der Waals surface area contributed by atoms with Crippen LogP contribution in [0.15, 0.2) is 23.2 Å². The minimum Gasteiger partial charge on any atom is -0.370 e. The van der Waals surface area contributed by atoms with Crippen molar-refractivity contribution < 1.29 is 0 Å². The molecule has 0 radical (unpaired) electrons. The Bertz CT molecular complexity index is 706. The van der Waals surface area contributed by atoms with E-state index in [1.807, 2.05) is 12.1 Å². The van der Waals surface area contributed by atoms with Gasteiger partial charge >= 0.3 is 0 Å². The van der Waals surface area contributed by atoms with Crippen molar-refractivity contribution in [3.63, 3.8) is 0 Å². The molecule has 2 unspecified atom stereocenters. The summed E-state index contributed by atoms with van der Waals surface area (Å²) in [5, 5.41) is 15.1. The lowest BCUT2D eigenvalue weighted by Gasteiger charge is -2.19. The topological polar surface area (TPSA) is 66.0 Å². The van der Waals surface area contributed by atoms with Crippen LogP contribution in [0.5, 0.6) is 0 Å². The highest BCUT2D eigenvalue weighted by molar-refractivity contribution is 6.07. The van der Waals surface area contributed by atoms with Crippen LogP contribution in [0.2, 0.25) is 0 Å². The average Bonchev–Trinajstić information content (AvgIpc) is 3.21. The number of para-hydroxylation sites is 1. The van der Waals surface area contributed by atoms with E-state index in [0.29, 0.717) is 11.8 Å². The van der Waals surface area contributed by atoms with Crippen molar-refractivity contribution in [2.75, 3.05) is 13.1 Å². The molecule has 1 heterocycles. The summed E-state index contributed by atoms with van der Waals surface area (Å²) < 4.78 is 0. The number of amidine groups is 1. The summed E-state index contributed by atoms with van der Waals surface area (Å²) in [5.74, 6) is 2.31. The highest BCUT2D eigenvalue weighted by Gasteiger charge is 2.14. The second-order valence-electron chi connectivity index (χ2n) is 7.90. The van der Waals surface area contributed by atoms with Crippen molar-refractivity contribution in [2.45, 2.75) is 79.1 Å². The van der Waals surface area contributed by atoms with Gasteiger partial charge in [0.25, 0.3) is 0 Å². The number of aromatic amines is 1. The largest absolute Gasteiger partial charge is 0.370 e. The highest BCUT2D eigenvalue weighted by atomic mass is 15.3. The first-order chi connectivity index (χ1) is 13.7. The van der Waals surface area contributed by atoms with E-state index in [0.717, 1.165) is 35.5 Å². The molecule has 0 aliphatic carbocycles. The van der Waals surface area contributed by atoms with E-state index in [1.54, 1.807) is 0 Å². The van der Waals surface area contributed by atoms with Gasteiger partial charge in [-0.2, -0.15) is 15.4 Å². The number of rotatable bonds is 13. The van der Waals surface area contributed by atoms with Crippen LogP contribution >= 0.6 is 0 Å². The number of benzene rings is 1. The Kier molecular flexibility index (Phi) is 10.0. The SMILES string of the molecule is CCCCC(CC)CN=C(NCC(CC)CCCC)c1cccc2n[nH]nc12. The van der Waals surface area contributed by atoms with Crippen LogP contribution < -0.4 is 5.32 Å². The number of aromatic nitrogens is 3. The molecule has 1 aromatic carbocycles. The van der Waals surface area contributed by atoms with Crippen molar-refractivity contribution in [1.82, 2.24) is 20.7 Å². The van der Waals surface area contributed by atoms with Crippen LogP contribution in [0.4, 0.5) is 0 Å². The zero-order valence-corrected chi connectivity index (χ0v) is 18.3. The Morgan fingerprint density at radius 1 is 1.00 bits per heavy atom. The molecule has 0 aliphatic heterocycles. The smallest absolute Gasteiger partial charge is 0.130 e. The molecule has 0 bridgehead atoms. The molecule has 0 fully saturated rings. The highest BCUT2D eigenvalue weighted by Crippen LogP contribution is 2.18. The van der Waals surface area contributed by atoms with E-state index in [2.05, 4.69) is 54.5 Å². The third-order valence-electron chi connectivity index (χ3n) is 5.75. The summed E-state index contributed by atoms with van der Waals surface area (Å²) in [5.41, 5.74) is 2.85. The van der Waals surface area contributed by atoms with Crippen LogP contribution in [0.1, 0.15) is 84.6 Å². The summed E-state index contributed by atoms with van der Waals surface area (Å²) >= 11 is 0. The second kappa shape index (κ2) is 12.5. The number of unbranched alkanes of at least 4 members (excludes halogenated alkanes) is 2. The van der Waals surface area contributed by atoms with Gasteiger partial charge in [-0.05, 0) is 36.8 Å². The first-order valence-electron chi connectivity index (χ1n) is 11.3. The van der Waals surface area contributed by atoms with Gasteiger partial charge in [-0.15, -0.1) is 0 Å². The van der Waals surface area contributed by atoms with Crippen molar-refractivity contribution in [2.24, 2.45) is 16.8 Å². The molecule has 2 rings (SSSR count). The van der Waals surface area contributed by atoms with Crippen LogP contribution in [-0.4, -0.2) is 34.3 Å². The summed E-state index contributed by atoms with van der Waals surface area (Å²) in [6.07, 6.45) is 9.98. The van der Waals surface area contributed by atoms with Gasteiger partial charge < -0.3 is 5.32 Å². The van der Waals surface area contributed by atoms with Crippen LogP contribution in [0.25, 0.3) is 11.0 Å². The van der Waals surface area contributed by atoms with Gasteiger partial charge in [0.15, 0.2) is 0 Å². The summed E-state index contributed by atoms with van der Waals surface area (Å²) in [6.45, 7) is 10.9. The maximum atomic E-state index is 5.06. The van der Waals surface area contributed by atoms with Crippen molar-refractivity contribution in [3.05, 3.63) is 23.8 Å². The molecule has 0 aliphatic rings. The van der Waals surface area contributed by atoms with E-state index in [4.69, 9.17) is 4.99 Å². The van der Waals surface area contributed by atoms with Gasteiger partial charge in [-0.3, -0.25) is 4.99 Å². The molecule has 156 valence electrons. The lowest BCUT2D eigenvalue weighted by atomic mass is 9.99. The molecule has 5 heteroatoms. The third kappa shape index (κ3) is 6.61. The summed E-state index contributed by atoms with van der Waals surface area (Å²) in [7, 11) is 0. The van der Waals surface area contributed by atoms with E-state index in [1.165, 1.54) is 51.4 Å².